The minimum Gasteiger partial charge on any atom is -0.389 e. The van der Waals surface area contributed by atoms with Crippen LogP contribution in [0.25, 0.3) is 0 Å². The highest BCUT2D eigenvalue weighted by Crippen LogP contribution is 2.41. The standard InChI is InChI=1S/C17H23ClN2O3/c18-13-3-1-2-12(6-13)15-7-16(15)20-17(22)19-8-14(21)10-23-9-11-4-5-11/h1-3,6,11,14-16,21H,4-5,7-10H2,(H2,19,20,22)/t14-,15+,16-/m0/s1. The van der Waals surface area contributed by atoms with Gasteiger partial charge in [0.25, 0.3) is 0 Å². The smallest absolute Gasteiger partial charge is 0.315 e. The van der Waals surface area contributed by atoms with Gasteiger partial charge in [-0.2, -0.15) is 0 Å². The fourth-order valence-electron chi connectivity index (χ4n) is 2.60. The van der Waals surface area contributed by atoms with E-state index in [0.717, 1.165) is 12.0 Å². The normalized spacial score (nSPS) is 24.1. The number of aliphatic hydroxyl groups excluding tert-OH is 1. The van der Waals surface area contributed by atoms with E-state index in [2.05, 4.69) is 10.6 Å². The molecule has 2 saturated carbocycles. The highest BCUT2D eigenvalue weighted by Gasteiger charge is 2.39. The van der Waals surface area contributed by atoms with E-state index in [-0.39, 0.29) is 25.2 Å². The second-order valence-electron chi connectivity index (χ2n) is 6.49. The van der Waals surface area contributed by atoms with E-state index in [4.69, 9.17) is 16.3 Å². The van der Waals surface area contributed by atoms with E-state index in [1.54, 1.807) is 0 Å². The Bertz CT molecular complexity index is 550. The molecule has 0 unspecified atom stereocenters. The fourth-order valence-corrected chi connectivity index (χ4v) is 2.80. The Morgan fingerprint density at radius 2 is 2.26 bits per heavy atom. The molecular weight excluding hydrogens is 316 g/mol. The van der Waals surface area contributed by atoms with Gasteiger partial charge in [-0.15, -0.1) is 0 Å². The van der Waals surface area contributed by atoms with Crippen molar-refractivity contribution in [1.29, 1.82) is 0 Å². The molecule has 0 radical (unpaired) electrons. The first kappa shape index (κ1) is 16.6. The lowest BCUT2D eigenvalue weighted by Crippen LogP contribution is -2.42. The summed E-state index contributed by atoms with van der Waals surface area (Å²) < 4.78 is 5.40. The Labute approximate surface area is 141 Å². The number of halogens is 1. The summed E-state index contributed by atoms with van der Waals surface area (Å²) in [7, 11) is 0. The number of hydrogen-bond donors (Lipinski definition) is 3. The molecule has 0 bridgehead atoms. The molecule has 5 nitrogen and oxygen atoms in total. The van der Waals surface area contributed by atoms with E-state index in [1.165, 1.54) is 12.8 Å². The molecule has 0 aliphatic heterocycles. The minimum atomic E-state index is -0.664. The van der Waals surface area contributed by atoms with Crippen LogP contribution in [0.5, 0.6) is 0 Å². The molecule has 1 aromatic carbocycles. The van der Waals surface area contributed by atoms with Crippen molar-refractivity contribution >= 4 is 17.6 Å². The summed E-state index contributed by atoms with van der Waals surface area (Å²) in [6, 6.07) is 7.61. The van der Waals surface area contributed by atoms with Crippen molar-refractivity contribution in [3.05, 3.63) is 34.9 Å². The van der Waals surface area contributed by atoms with Crippen LogP contribution in [0, 0.1) is 5.92 Å². The zero-order valence-electron chi connectivity index (χ0n) is 13.0. The number of carbonyl (C=O) groups excluding carboxylic acids is 1. The van der Waals surface area contributed by atoms with Gasteiger partial charge in [-0.3, -0.25) is 0 Å². The Morgan fingerprint density at radius 1 is 1.43 bits per heavy atom. The zero-order chi connectivity index (χ0) is 16.2. The summed E-state index contributed by atoms with van der Waals surface area (Å²) in [5.41, 5.74) is 1.15. The van der Waals surface area contributed by atoms with Crippen LogP contribution in [0.1, 0.15) is 30.7 Å². The average Bonchev–Trinajstić information content (AvgIpc) is 3.41. The van der Waals surface area contributed by atoms with Crippen LogP contribution in [0.2, 0.25) is 5.02 Å². The van der Waals surface area contributed by atoms with Gasteiger partial charge in [0, 0.05) is 30.1 Å². The number of hydrogen-bond acceptors (Lipinski definition) is 3. The number of ether oxygens (including phenoxy) is 1. The predicted octanol–water partition coefficient (Wildman–Crippen LogP) is 2.28. The first-order chi connectivity index (χ1) is 11.1. The molecule has 3 N–H and O–H groups in total. The third-order valence-corrected chi connectivity index (χ3v) is 4.48. The molecule has 0 heterocycles. The summed E-state index contributed by atoms with van der Waals surface area (Å²) in [6.45, 7) is 1.18. The number of aliphatic hydroxyl groups is 1. The lowest BCUT2D eigenvalue weighted by atomic mass is 10.1. The number of carbonyl (C=O) groups is 1. The predicted molar refractivity (Wildman–Crippen MR) is 88.7 cm³/mol. The third-order valence-electron chi connectivity index (χ3n) is 4.24. The van der Waals surface area contributed by atoms with E-state index in [1.807, 2.05) is 24.3 Å². The van der Waals surface area contributed by atoms with Crippen LogP contribution in [0.15, 0.2) is 24.3 Å². The number of rotatable bonds is 8. The maximum atomic E-state index is 11.8. The summed E-state index contributed by atoms with van der Waals surface area (Å²) in [6.07, 6.45) is 2.71. The van der Waals surface area contributed by atoms with Crippen LogP contribution in [-0.2, 0) is 4.74 Å². The monoisotopic (exact) mass is 338 g/mol. The Hall–Kier alpha value is -1.30. The Kier molecular flexibility index (Phi) is 5.41. The van der Waals surface area contributed by atoms with Crippen molar-refractivity contribution < 1.29 is 14.6 Å². The number of benzene rings is 1. The number of amides is 2. The molecule has 2 aliphatic carbocycles. The average molecular weight is 339 g/mol. The van der Waals surface area contributed by atoms with E-state index >= 15 is 0 Å². The number of urea groups is 1. The quantitative estimate of drug-likeness (QED) is 0.681. The largest absolute Gasteiger partial charge is 0.389 e. The molecule has 1 aromatic rings. The second kappa shape index (κ2) is 7.51. The maximum absolute atomic E-state index is 11.8. The van der Waals surface area contributed by atoms with Gasteiger partial charge >= 0.3 is 6.03 Å². The van der Waals surface area contributed by atoms with E-state index in [9.17, 15) is 9.90 Å². The van der Waals surface area contributed by atoms with Gasteiger partial charge < -0.3 is 20.5 Å². The van der Waals surface area contributed by atoms with E-state index < -0.39 is 6.10 Å². The van der Waals surface area contributed by atoms with Crippen molar-refractivity contribution in [3.63, 3.8) is 0 Å². The second-order valence-corrected chi connectivity index (χ2v) is 6.93. The molecule has 23 heavy (non-hydrogen) atoms. The van der Waals surface area contributed by atoms with Crippen LogP contribution < -0.4 is 10.6 Å². The Morgan fingerprint density at radius 3 is 3.00 bits per heavy atom. The molecule has 0 spiro atoms. The maximum Gasteiger partial charge on any atom is 0.315 e. The summed E-state index contributed by atoms with van der Waals surface area (Å²) in [5.74, 6) is 1.00. The molecule has 0 saturated heterocycles. The highest BCUT2D eigenvalue weighted by molar-refractivity contribution is 6.30. The van der Waals surface area contributed by atoms with Gasteiger partial charge in [-0.1, -0.05) is 23.7 Å². The molecule has 3 atom stereocenters. The number of nitrogens with one attached hydrogen (secondary N) is 2. The van der Waals surface area contributed by atoms with Gasteiger partial charge in [-0.05, 0) is 42.9 Å². The third kappa shape index (κ3) is 5.37. The minimum absolute atomic E-state index is 0.136. The molecule has 0 aromatic heterocycles. The summed E-state index contributed by atoms with van der Waals surface area (Å²) in [5, 5.41) is 16.1. The Balaban J connectivity index is 1.30. The van der Waals surface area contributed by atoms with Gasteiger partial charge in [-0.25, -0.2) is 4.79 Å². The highest BCUT2D eigenvalue weighted by atomic mass is 35.5. The lowest BCUT2D eigenvalue weighted by Gasteiger charge is -2.13. The topological polar surface area (TPSA) is 70.6 Å². The first-order valence-corrected chi connectivity index (χ1v) is 8.55. The van der Waals surface area contributed by atoms with Crippen LogP contribution in [0.4, 0.5) is 4.79 Å². The van der Waals surface area contributed by atoms with Crippen LogP contribution in [0.3, 0.4) is 0 Å². The molecular formula is C17H23ClN2O3. The van der Waals surface area contributed by atoms with Gasteiger partial charge in [0.05, 0.1) is 12.7 Å². The first-order valence-electron chi connectivity index (χ1n) is 8.17. The molecule has 2 fully saturated rings. The van der Waals surface area contributed by atoms with Crippen LogP contribution in [-0.4, -0.2) is 43.0 Å². The van der Waals surface area contributed by atoms with Crippen molar-refractivity contribution in [1.82, 2.24) is 10.6 Å². The van der Waals surface area contributed by atoms with Crippen molar-refractivity contribution in [2.24, 2.45) is 5.92 Å². The SMILES string of the molecule is O=C(NC[C@H](O)COCC1CC1)N[C@H]1C[C@@H]1c1cccc(Cl)c1. The molecule has 2 amide bonds. The van der Waals surface area contributed by atoms with Gasteiger partial charge in [0.15, 0.2) is 0 Å². The molecule has 2 aliphatic rings. The van der Waals surface area contributed by atoms with E-state index in [0.29, 0.717) is 23.5 Å². The van der Waals surface area contributed by atoms with Crippen molar-refractivity contribution in [2.75, 3.05) is 19.8 Å². The summed E-state index contributed by atoms with van der Waals surface area (Å²) in [4.78, 5) is 11.8. The van der Waals surface area contributed by atoms with Gasteiger partial charge in [0.2, 0.25) is 0 Å². The molecule has 6 heteroatoms. The van der Waals surface area contributed by atoms with Crippen LogP contribution >= 0.6 is 11.6 Å². The fraction of sp³-hybridized carbons (Fsp3) is 0.588. The zero-order valence-corrected chi connectivity index (χ0v) is 13.8. The van der Waals surface area contributed by atoms with Crippen molar-refractivity contribution in [3.8, 4) is 0 Å². The molecule has 126 valence electrons. The van der Waals surface area contributed by atoms with Crippen molar-refractivity contribution in [2.45, 2.75) is 37.3 Å². The summed E-state index contributed by atoms with van der Waals surface area (Å²) >= 11 is 5.98. The van der Waals surface area contributed by atoms with Gasteiger partial charge in [0.1, 0.15) is 0 Å². The lowest BCUT2D eigenvalue weighted by molar-refractivity contribution is 0.0337. The molecule has 3 rings (SSSR count).